The number of nitrogens with one attached hydrogen (secondary N) is 1. The molecular formula is C15H15F2N. The maximum absolute atomic E-state index is 13.6. The minimum absolute atomic E-state index is 0.215. The van der Waals surface area contributed by atoms with Crippen molar-refractivity contribution in [2.75, 3.05) is 5.32 Å². The molecule has 2 aromatic rings. The zero-order chi connectivity index (χ0) is 13.1. The van der Waals surface area contributed by atoms with Gasteiger partial charge < -0.3 is 5.32 Å². The second-order valence-electron chi connectivity index (χ2n) is 4.40. The fraction of sp³-hybridized carbons (Fsp3) is 0.200. The van der Waals surface area contributed by atoms with E-state index in [0.717, 1.165) is 11.8 Å². The molecule has 1 unspecified atom stereocenters. The van der Waals surface area contributed by atoms with E-state index >= 15 is 0 Å². The highest BCUT2D eigenvalue weighted by Crippen LogP contribution is 2.22. The highest BCUT2D eigenvalue weighted by molar-refractivity contribution is 5.46. The lowest BCUT2D eigenvalue weighted by atomic mass is 10.1. The van der Waals surface area contributed by atoms with E-state index < -0.39 is 11.6 Å². The molecule has 0 aromatic heterocycles. The van der Waals surface area contributed by atoms with Crippen LogP contribution in [0.15, 0.2) is 42.5 Å². The summed E-state index contributed by atoms with van der Waals surface area (Å²) in [6.45, 7) is 3.85. The molecule has 94 valence electrons. The monoisotopic (exact) mass is 247 g/mol. The van der Waals surface area contributed by atoms with E-state index in [1.165, 1.54) is 17.7 Å². The van der Waals surface area contributed by atoms with Crippen LogP contribution in [0, 0.1) is 18.6 Å². The van der Waals surface area contributed by atoms with Crippen LogP contribution < -0.4 is 5.32 Å². The van der Waals surface area contributed by atoms with Gasteiger partial charge in [-0.05, 0) is 32.0 Å². The zero-order valence-corrected chi connectivity index (χ0v) is 10.4. The van der Waals surface area contributed by atoms with Crippen molar-refractivity contribution in [1.29, 1.82) is 0 Å². The lowest BCUT2D eigenvalue weighted by Crippen LogP contribution is -2.08. The van der Waals surface area contributed by atoms with Crippen molar-refractivity contribution in [3.8, 4) is 0 Å². The zero-order valence-electron chi connectivity index (χ0n) is 10.4. The molecule has 0 heterocycles. The van der Waals surface area contributed by atoms with Crippen molar-refractivity contribution in [2.45, 2.75) is 19.9 Å². The predicted molar refractivity (Wildman–Crippen MR) is 69.6 cm³/mol. The molecule has 0 aliphatic heterocycles. The summed E-state index contributed by atoms with van der Waals surface area (Å²) in [7, 11) is 0. The molecule has 0 saturated carbocycles. The molecule has 2 rings (SSSR count). The molecule has 0 amide bonds. The smallest absolute Gasteiger partial charge is 0.131 e. The summed E-state index contributed by atoms with van der Waals surface area (Å²) in [5.41, 5.74) is 2.54. The normalized spacial score (nSPS) is 12.2. The molecule has 0 aliphatic carbocycles. The Kier molecular flexibility index (Phi) is 3.60. The van der Waals surface area contributed by atoms with Gasteiger partial charge in [0.05, 0.1) is 6.04 Å². The Hall–Kier alpha value is -1.90. The summed E-state index contributed by atoms with van der Waals surface area (Å²) < 4.78 is 26.4. The molecule has 1 nitrogen and oxygen atoms in total. The van der Waals surface area contributed by atoms with Crippen LogP contribution in [0.2, 0.25) is 0 Å². The first kappa shape index (κ1) is 12.6. The summed E-state index contributed by atoms with van der Waals surface area (Å²) in [5.74, 6) is -1.08. The molecule has 2 aromatic carbocycles. The van der Waals surface area contributed by atoms with Crippen molar-refractivity contribution in [2.24, 2.45) is 0 Å². The Balaban J connectivity index is 2.16. The Bertz CT molecular complexity index is 535. The lowest BCUT2D eigenvalue weighted by Gasteiger charge is -2.16. The third-order valence-corrected chi connectivity index (χ3v) is 2.86. The Morgan fingerprint density at radius 1 is 1.00 bits per heavy atom. The number of hydrogen-bond donors (Lipinski definition) is 1. The van der Waals surface area contributed by atoms with Gasteiger partial charge in [-0.25, -0.2) is 8.78 Å². The number of aryl methyl sites for hydroxylation is 1. The topological polar surface area (TPSA) is 12.0 Å². The van der Waals surface area contributed by atoms with Gasteiger partial charge in [0.25, 0.3) is 0 Å². The fourth-order valence-corrected chi connectivity index (χ4v) is 1.83. The summed E-state index contributed by atoms with van der Waals surface area (Å²) >= 11 is 0. The van der Waals surface area contributed by atoms with Crippen LogP contribution in [0.3, 0.4) is 0 Å². The average molecular weight is 247 g/mol. The molecule has 1 atom stereocenters. The van der Waals surface area contributed by atoms with Crippen molar-refractivity contribution in [1.82, 2.24) is 0 Å². The lowest BCUT2D eigenvalue weighted by molar-refractivity contribution is 0.566. The van der Waals surface area contributed by atoms with Gasteiger partial charge in [0, 0.05) is 17.3 Å². The van der Waals surface area contributed by atoms with Crippen LogP contribution in [0.5, 0.6) is 0 Å². The largest absolute Gasteiger partial charge is 0.378 e. The van der Waals surface area contributed by atoms with E-state index in [-0.39, 0.29) is 6.04 Å². The van der Waals surface area contributed by atoms with E-state index in [1.54, 1.807) is 0 Å². The third kappa shape index (κ3) is 2.86. The molecule has 0 aliphatic rings. The van der Waals surface area contributed by atoms with Crippen molar-refractivity contribution in [3.63, 3.8) is 0 Å². The molecule has 18 heavy (non-hydrogen) atoms. The molecular weight excluding hydrogens is 232 g/mol. The van der Waals surface area contributed by atoms with Gasteiger partial charge >= 0.3 is 0 Å². The first-order chi connectivity index (χ1) is 8.56. The van der Waals surface area contributed by atoms with E-state index in [9.17, 15) is 8.78 Å². The van der Waals surface area contributed by atoms with Crippen molar-refractivity contribution >= 4 is 5.69 Å². The Labute approximate surface area is 105 Å². The van der Waals surface area contributed by atoms with E-state index in [1.807, 2.05) is 38.1 Å². The second-order valence-corrected chi connectivity index (χ2v) is 4.40. The van der Waals surface area contributed by atoms with Crippen LogP contribution in [0.25, 0.3) is 0 Å². The number of benzene rings is 2. The summed E-state index contributed by atoms with van der Waals surface area (Å²) in [4.78, 5) is 0. The maximum atomic E-state index is 13.6. The Morgan fingerprint density at radius 3 is 2.28 bits per heavy atom. The van der Waals surface area contributed by atoms with Crippen molar-refractivity contribution in [3.05, 3.63) is 65.2 Å². The molecule has 0 fully saturated rings. The van der Waals surface area contributed by atoms with Crippen LogP contribution >= 0.6 is 0 Å². The minimum Gasteiger partial charge on any atom is -0.378 e. The fourth-order valence-electron chi connectivity index (χ4n) is 1.83. The second kappa shape index (κ2) is 5.17. The van der Waals surface area contributed by atoms with Gasteiger partial charge in [-0.1, -0.05) is 23.8 Å². The van der Waals surface area contributed by atoms with Gasteiger partial charge in [0.15, 0.2) is 0 Å². The highest BCUT2D eigenvalue weighted by atomic mass is 19.1. The molecule has 0 spiro atoms. The highest BCUT2D eigenvalue weighted by Gasteiger charge is 2.11. The quantitative estimate of drug-likeness (QED) is 0.845. The van der Waals surface area contributed by atoms with Gasteiger partial charge in [-0.2, -0.15) is 0 Å². The molecule has 0 bridgehead atoms. The number of rotatable bonds is 3. The van der Waals surface area contributed by atoms with E-state index in [2.05, 4.69) is 5.32 Å². The molecule has 0 saturated heterocycles. The van der Waals surface area contributed by atoms with Gasteiger partial charge in [-0.3, -0.25) is 0 Å². The molecule has 0 radical (unpaired) electrons. The van der Waals surface area contributed by atoms with Gasteiger partial charge in [0.2, 0.25) is 0 Å². The number of hydrogen-bond acceptors (Lipinski definition) is 1. The minimum atomic E-state index is -0.557. The standard InChI is InChI=1S/C15H15F2N/c1-10-3-6-13(7-4-10)18-11(2)14-8-5-12(16)9-15(14)17/h3-9,11,18H,1-2H3. The van der Waals surface area contributed by atoms with Crippen LogP contribution in [-0.2, 0) is 0 Å². The first-order valence-corrected chi connectivity index (χ1v) is 5.84. The summed E-state index contributed by atoms with van der Waals surface area (Å²) in [5, 5.41) is 3.18. The van der Waals surface area contributed by atoms with Crippen molar-refractivity contribution < 1.29 is 8.78 Å². The SMILES string of the molecule is Cc1ccc(NC(C)c2ccc(F)cc2F)cc1. The van der Waals surface area contributed by atoms with E-state index in [0.29, 0.717) is 5.56 Å². The van der Waals surface area contributed by atoms with Gasteiger partial charge in [-0.15, -0.1) is 0 Å². The summed E-state index contributed by atoms with van der Waals surface area (Å²) in [6, 6.07) is 11.3. The maximum Gasteiger partial charge on any atom is 0.131 e. The average Bonchev–Trinajstić information content (AvgIpc) is 2.32. The third-order valence-electron chi connectivity index (χ3n) is 2.86. The molecule has 1 N–H and O–H groups in total. The van der Waals surface area contributed by atoms with Crippen LogP contribution in [-0.4, -0.2) is 0 Å². The molecule has 3 heteroatoms. The van der Waals surface area contributed by atoms with Gasteiger partial charge in [0.1, 0.15) is 11.6 Å². The first-order valence-electron chi connectivity index (χ1n) is 5.84. The Morgan fingerprint density at radius 2 is 1.67 bits per heavy atom. The summed E-state index contributed by atoms with van der Waals surface area (Å²) in [6.07, 6.45) is 0. The van der Waals surface area contributed by atoms with E-state index in [4.69, 9.17) is 0 Å². The predicted octanol–water partition coefficient (Wildman–Crippen LogP) is 4.45. The number of anilines is 1. The number of halogens is 2. The van der Waals surface area contributed by atoms with Crippen LogP contribution in [0.4, 0.5) is 14.5 Å². The van der Waals surface area contributed by atoms with Crippen LogP contribution in [0.1, 0.15) is 24.1 Å².